The Labute approximate surface area is 138 Å². The van der Waals surface area contributed by atoms with Crippen molar-refractivity contribution in [3.63, 3.8) is 0 Å². The van der Waals surface area contributed by atoms with Gasteiger partial charge in [0.15, 0.2) is 0 Å². The highest BCUT2D eigenvalue weighted by Crippen LogP contribution is 2.18. The van der Waals surface area contributed by atoms with Crippen molar-refractivity contribution in [1.29, 1.82) is 0 Å². The smallest absolute Gasteiger partial charge is 0.223 e. The third-order valence-electron chi connectivity index (χ3n) is 3.88. The number of aryl methyl sites for hydroxylation is 1. The summed E-state index contributed by atoms with van der Waals surface area (Å²) in [5, 5.41) is 2.93. The molecule has 122 valence electrons. The molecule has 1 N–H and O–H groups in total. The van der Waals surface area contributed by atoms with E-state index >= 15 is 0 Å². The van der Waals surface area contributed by atoms with Gasteiger partial charge in [0, 0.05) is 6.54 Å². The summed E-state index contributed by atoms with van der Waals surface area (Å²) in [6, 6.07) is 16.1. The Balaban J connectivity index is 1.71. The molecule has 2 aromatic carbocycles. The van der Waals surface area contributed by atoms with Crippen LogP contribution in [0, 0.1) is 6.92 Å². The van der Waals surface area contributed by atoms with Crippen molar-refractivity contribution in [2.45, 2.75) is 39.7 Å². The molecule has 2 rings (SSSR count). The third-order valence-corrected chi connectivity index (χ3v) is 3.88. The molecule has 0 saturated heterocycles. The van der Waals surface area contributed by atoms with E-state index in [0.29, 0.717) is 25.5 Å². The lowest BCUT2D eigenvalue weighted by Crippen LogP contribution is -2.24. The zero-order valence-corrected chi connectivity index (χ0v) is 14.1. The lowest BCUT2D eigenvalue weighted by molar-refractivity contribution is -0.121. The van der Waals surface area contributed by atoms with Crippen molar-refractivity contribution in [2.24, 2.45) is 0 Å². The summed E-state index contributed by atoms with van der Waals surface area (Å²) in [5.74, 6) is 1.32. The Kier molecular flexibility index (Phi) is 6.21. The van der Waals surface area contributed by atoms with Gasteiger partial charge in [-0.1, -0.05) is 50.2 Å². The topological polar surface area (TPSA) is 38.3 Å². The number of nitrogens with one attached hydrogen (secondary N) is 1. The molecule has 0 bridgehead atoms. The second-order valence-electron chi connectivity index (χ2n) is 6.03. The first-order chi connectivity index (χ1) is 11.1. The van der Waals surface area contributed by atoms with Crippen molar-refractivity contribution in [3.8, 4) is 5.75 Å². The zero-order valence-electron chi connectivity index (χ0n) is 14.1. The third kappa shape index (κ3) is 5.44. The Morgan fingerprint density at radius 2 is 1.78 bits per heavy atom. The first-order valence-electron chi connectivity index (χ1n) is 8.10. The zero-order chi connectivity index (χ0) is 16.7. The van der Waals surface area contributed by atoms with Crippen LogP contribution < -0.4 is 10.1 Å². The average molecular weight is 311 g/mol. The van der Waals surface area contributed by atoms with Crippen LogP contribution >= 0.6 is 0 Å². The molecule has 0 spiro atoms. The Morgan fingerprint density at radius 3 is 2.43 bits per heavy atom. The van der Waals surface area contributed by atoms with Gasteiger partial charge in [0.1, 0.15) is 5.75 Å². The quantitative estimate of drug-likeness (QED) is 0.832. The van der Waals surface area contributed by atoms with E-state index in [2.05, 4.69) is 31.3 Å². The van der Waals surface area contributed by atoms with Gasteiger partial charge in [0.25, 0.3) is 0 Å². The second kappa shape index (κ2) is 8.37. The number of carbonyl (C=O) groups is 1. The van der Waals surface area contributed by atoms with Gasteiger partial charge in [0.05, 0.1) is 13.0 Å². The van der Waals surface area contributed by atoms with Gasteiger partial charge >= 0.3 is 0 Å². The van der Waals surface area contributed by atoms with E-state index in [4.69, 9.17) is 4.74 Å². The molecular formula is C20H25NO2. The van der Waals surface area contributed by atoms with E-state index in [1.54, 1.807) is 0 Å². The minimum absolute atomic E-state index is 0.00653. The number of ether oxygens (including phenoxy) is 1. The molecule has 0 unspecified atom stereocenters. The van der Waals surface area contributed by atoms with Gasteiger partial charge in [-0.3, -0.25) is 4.79 Å². The molecule has 2 aromatic rings. The van der Waals surface area contributed by atoms with E-state index in [-0.39, 0.29) is 5.91 Å². The first-order valence-corrected chi connectivity index (χ1v) is 8.10. The van der Waals surface area contributed by atoms with Gasteiger partial charge in [-0.25, -0.2) is 0 Å². The maximum Gasteiger partial charge on any atom is 0.223 e. The second-order valence-corrected chi connectivity index (χ2v) is 6.03. The van der Waals surface area contributed by atoms with Crippen molar-refractivity contribution in [3.05, 3.63) is 65.2 Å². The fourth-order valence-corrected chi connectivity index (χ4v) is 2.30. The van der Waals surface area contributed by atoms with Gasteiger partial charge < -0.3 is 10.1 Å². The molecule has 0 heterocycles. The van der Waals surface area contributed by atoms with Crippen LogP contribution in [-0.2, 0) is 11.3 Å². The van der Waals surface area contributed by atoms with E-state index in [1.165, 1.54) is 11.1 Å². The van der Waals surface area contributed by atoms with Crippen LogP contribution in [-0.4, -0.2) is 12.5 Å². The summed E-state index contributed by atoms with van der Waals surface area (Å²) in [6.45, 7) is 7.32. The molecule has 1 amide bonds. The van der Waals surface area contributed by atoms with Crippen LogP contribution in [0.1, 0.15) is 42.9 Å². The molecule has 3 nitrogen and oxygen atoms in total. The highest BCUT2D eigenvalue weighted by atomic mass is 16.5. The fourth-order valence-electron chi connectivity index (χ4n) is 2.30. The van der Waals surface area contributed by atoms with E-state index < -0.39 is 0 Å². The Bertz CT molecular complexity index is 632. The minimum Gasteiger partial charge on any atom is -0.493 e. The van der Waals surface area contributed by atoms with Crippen LogP contribution in [0.4, 0.5) is 0 Å². The van der Waals surface area contributed by atoms with E-state index in [0.717, 1.165) is 11.3 Å². The molecule has 0 aromatic heterocycles. The summed E-state index contributed by atoms with van der Waals surface area (Å²) in [6.07, 6.45) is 0.359. The molecule has 0 saturated carbocycles. The Hall–Kier alpha value is -2.29. The number of rotatable bonds is 7. The number of hydrogen-bond acceptors (Lipinski definition) is 2. The largest absolute Gasteiger partial charge is 0.493 e. The Morgan fingerprint density at radius 1 is 1.09 bits per heavy atom. The van der Waals surface area contributed by atoms with Crippen LogP contribution in [0.3, 0.4) is 0 Å². The fraction of sp³-hybridized carbons (Fsp3) is 0.350. The number of amides is 1. The van der Waals surface area contributed by atoms with Crippen molar-refractivity contribution in [2.75, 3.05) is 6.61 Å². The molecule has 0 aliphatic heterocycles. The van der Waals surface area contributed by atoms with Crippen LogP contribution in [0.15, 0.2) is 48.5 Å². The molecule has 23 heavy (non-hydrogen) atoms. The van der Waals surface area contributed by atoms with Gasteiger partial charge in [-0.2, -0.15) is 0 Å². The first kappa shape index (κ1) is 17.1. The molecule has 0 atom stereocenters. The molecule has 0 fully saturated rings. The predicted octanol–water partition coefficient (Wildman–Crippen LogP) is 4.20. The minimum atomic E-state index is 0.00653. The van der Waals surface area contributed by atoms with Crippen LogP contribution in [0.5, 0.6) is 5.75 Å². The van der Waals surface area contributed by atoms with E-state index in [1.807, 2.05) is 43.3 Å². The van der Waals surface area contributed by atoms with Gasteiger partial charge in [-0.15, -0.1) is 0 Å². The van der Waals surface area contributed by atoms with Gasteiger partial charge in [0.2, 0.25) is 5.91 Å². The monoisotopic (exact) mass is 311 g/mol. The summed E-state index contributed by atoms with van der Waals surface area (Å²) < 4.78 is 5.63. The average Bonchev–Trinajstić information content (AvgIpc) is 2.54. The summed E-state index contributed by atoms with van der Waals surface area (Å²) >= 11 is 0. The van der Waals surface area contributed by atoms with Crippen LogP contribution in [0.2, 0.25) is 0 Å². The number of benzene rings is 2. The van der Waals surface area contributed by atoms with Crippen molar-refractivity contribution in [1.82, 2.24) is 5.32 Å². The van der Waals surface area contributed by atoms with Crippen molar-refractivity contribution >= 4 is 5.91 Å². The summed E-state index contributed by atoms with van der Waals surface area (Å²) in [7, 11) is 0. The van der Waals surface area contributed by atoms with Gasteiger partial charge in [-0.05, 0) is 41.7 Å². The lowest BCUT2D eigenvalue weighted by atomic mass is 10.0. The lowest BCUT2D eigenvalue weighted by Gasteiger charge is -2.10. The predicted molar refractivity (Wildman–Crippen MR) is 93.7 cm³/mol. The molecule has 0 radical (unpaired) electrons. The molecule has 0 aliphatic carbocycles. The number of hydrogen-bond donors (Lipinski definition) is 1. The SMILES string of the molecule is Cc1ccccc1CNC(=O)CCOc1ccc(C(C)C)cc1. The molecule has 3 heteroatoms. The highest BCUT2D eigenvalue weighted by Gasteiger charge is 2.04. The summed E-state index contributed by atoms with van der Waals surface area (Å²) in [4.78, 5) is 11.9. The maximum atomic E-state index is 11.9. The number of carbonyl (C=O) groups excluding carboxylic acids is 1. The molecular weight excluding hydrogens is 286 g/mol. The summed E-state index contributed by atoms with van der Waals surface area (Å²) in [5.41, 5.74) is 3.62. The van der Waals surface area contributed by atoms with E-state index in [9.17, 15) is 4.79 Å². The van der Waals surface area contributed by atoms with Crippen LogP contribution in [0.25, 0.3) is 0 Å². The van der Waals surface area contributed by atoms with Crippen molar-refractivity contribution < 1.29 is 9.53 Å². The standard InChI is InChI=1S/C20H25NO2/c1-15(2)17-8-10-19(11-9-17)23-13-12-20(22)21-14-18-7-5-4-6-16(18)3/h4-11,15H,12-14H2,1-3H3,(H,21,22). The highest BCUT2D eigenvalue weighted by molar-refractivity contribution is 5.76. The maximum absolute atomic E-state index is 11.9. The molecule has 0 aliphatic rings. The normalized spacial score (nSPS) is 10.6.